The molecule has 2 aromatic carbocycles. The minimum atomic E-state index is 0.111. The summed E-state index contributed by atoms with van der Waals surface area (Å²) >= 11 is 0. The van der Waals surface area contributed by atoms with Gasteiger partial charge in [-0.25, -0.2) is 0 Å². The van der Waals surface area contributed by atoms with E-state index in [1.54, 1.807) is 12.1 Å². The van der Waals surface area contributed by atoms with Crippen LogP contribution in [0.1, 0.15) is 18.1 Å². The lowest BCUT2D eigenvalue weighted by Gasteiger charge is -2.14. The molecule has 0 heterocycles. The summed E-state index contributed by atoms with van der Waals surface area (Å²) in [6.45, 7) is 2.05. The first-order valence-corrected chi connectivity index (χ1v) is 5.98. The standard InChI is InChI=1S/C16H15NO/c1-13(11-14-5-3-2-4-6-14)18-16-9-7-15(12-17)8-10-16/h2-10,13H,11H2,1H3/t13-/m1/s1. The smallest absolute Gasteiger partial charge is 0.119 e. The summed E-state index contributed by atoms with van der Waals surface area (Å²) in [6.07, 6.45) is 0.987. The Hall–Kier alpha value is -2.27. The summed E-state index contributed by atoms with van der Waals surface area (Å²) in [4.78, 5) is 0. The fourth-order valence-corrected chi connectivity index (χ4v) is 1.83. The maximum absolute atomic E-state index is 8.71. The molecule has 0 radical (unpaired) electrons. The first-order chi connectivity index (χ1) is 8.78. The van der Waals surface area contributed by atoms with E-state index in [1.807, 2.05) is 37.3 Å². The molecular weight excluding hydrogens is 222 g/mol. The maximum atomic E-state index is 8.71. The van der Waals surface area contributed by atoms with Gasteiger partial charge in [0.1, 0.15) is 5.75 Å². The molecule has 0 saturated heterocycles. The van der Waals surface area contributed by atoms with Crippen LogP contribution in [-0.2, 0) is 6.42 Å². The van der Waals surface area contributed by atoms with E-state index in [-0.39, 0.29) is 6.10 Å². The van der Waals surface area contributed by atoms with Gasteiger partial charge in [-0.2, -0.15) is 5.26 Å². The van der Waals surface area contributed by atoms with Crippen LogP contribution >= 0.6 is 0 Å². The fourth-order valence-electron chi connectivity index (χ4n) is 1.83. The molecule has 18 heavy (non-hydrogen) atoms. The van der Waals surface area contributed by atoms with E-state index in [4.69, 9.17) is 10.00 Å². The lowest BCUT2D eigenvalue weighted by molar-refractivity contribution is 0.222. The van der Waals surface area contributed by atoms with Crippen molar-refractivity contribution in [1.29, 1.82) is 5.26 Å². The van der Waals surface area contributed by atoms with E-state index in [2.05, 4.69) is 18.2 Å². The van der Waals surface area contributed by atoms with Gasteiger partial charge in [-0.1, -0.05) is 30.3 Å². The SMILES string of the molecule is C[C@H](Cc1ccccc1)Oc1ccc(C#N)cc1. The summed E-state index contributed by atoms with van der Waals surface area (Å²) in [5, 5.41) is 8.71. The molecule has 0 aliphatic heterocycles. The predicted octanol–water partition coefficient (Wildman–Crippen LogP) is 3.57. The van der Waals surface area contributed by atoms with Gasteiger partial charge in [0.25, 0.3) is 0 Å². The summed E-state index contributed by atoms with van der Waals surface area (Å²) in [5.41, 5.74) is 1.91. The van der Waals surface area contributed by atoms with Crippen LogP contribution in [0.5, 0.6) is 5.75 Å². The van der Waals surface area contributed by atoms with Crippen LogP contribution in [0.2, 0.25) is 0 Å². The molecule has 2 heteroatoms. The first-order valence-electron chi connectivity index (χ1n) is 5.98. The molecule has 0 aliphatic carbocycles. The van der Waals surface area contributed by atoms with Gasteiger partial charge < -0.3 is 4.74 Å². The third kappa shape index (κ3) is 3.36. The van der Waals surface area contributed by atoms with Gasteiger partial charge in [-0.05, 0) is 36.8 Å². The number of hydrogen-bond acceptors (Lipinski definition) is 2. The Morgan fingerprint density at radius 1 is 1.06 bits per heavy atom. The van der Waals surface area contributed by atoms with Crippen molar-refractivity contribution in [1.82, 2.24) is 0 Å². The van der Waals surface area contributed by atoms with Crippen molar-refractivity contribution in [3.05, 3.63) is 65.7 Å². The molecule has 90 valence electrons. The molecule has 0 aliphatic rings. The van der Waals surface area contributed by atoms with Gasteiger partial charge in [0.15, 0.2) is 0 Å². The highest BCUT2D eigenvalue weighted by atomic mass is 16.5. The highest BCUT2D eigenvalue weighted by Crippen LogP contribution is 2.15. The quantitative estimate of drug-likeness (QED) is 0.814. The van der Waals surface area contributed by atoms with Gasteiger partial charge in [0.2, 0.25) is 0 Å². The van der Waals surface area contributed by atoms with E-state index in [9.17, 15) is 0 Å². The molecule has 2 aromatic rings. The number of nitrogens with zero attached hydrogens (tertiary/aromatic N) is 1. The number of nitriles is 1. The zero-order valence-electron chi connectivity index (χ0n) is 10.3. The summed E-state index contributed by atoms with van der Waals surface area (Å²) in [6, 6.07) is 19.6. The Labute approximate surface area is 107 Å². The molecule has 0 aromatic heterocycles. The van der Waals surface area contributed by atoms with E-state index in [0.29, 0.717) is 5.56 Å². The third-order valence-electron chi connectivity index (χ3n) is 2.69. The number of hydrogen-bond donors (Lipinski definition) is 0. The van der Waals surface area contributed by atoms with Gasteiger partial charge in [-0.3, -0.25) is 0 Å². The van der Waals surface area contributed by atoms with Crippen LogP contribution in [0.3, 0.4) is 0 Å². The van der Waals surface area contributed by atoms with Crippen LogP contribution in [-0.4, -0.2) is 6.10 Å². The zero-order valence-corrected chi connectivity index (χ0v) is 10.3. The van der Waals surface area contributed by atoms with Crippen molar-refractivity contribution in [2.75, 3.05) is 0 Å². The Morgan fingerprint density at radius 2 is 1.72 bits per heavy atom. The Balaban J connectivity index is 1.95. The maximum Gasteiger partial charge on any atom is 0.119 e. The molecule has 0 amide bonds. The third-order valence-corrected chi connectivity index (χ3v) is 2.69. The monoisotopic (exact) mass is 237 g/mol. The zero-order chi connectivity index (χ0) is 12.8. The largest absolute Gasteiger partial charge is 0.490 e. The first kappa shape index (κ1) is 12.2. The molecule has 2 nitrogen and oxygen atoms in total. The normalized spacial score (nSPS) is 11.6. The van der Waals surface area contributed by atoms with Crippen molar-refractivity contribution in [2.24, 2.45) is 0 Å². The Kier molecular flexibility index (Phi) is 3.98. The van der Waals surface area contributed by atoms with E-state index < -0.39 is 0 Å². The van der Waals surface area contributed by atoms with Gasteiger partial charge in [0, 0.05) is 6.42 Å². The second-order valence-electron chi connectivity index (χ2n) is 4.25. The molecule has 0 spiro atoms. The van der Waals surface area contributed by atoms with Crippen LogP contribution in [0.4, 0.5) is 0 Å². The molecule has 0 N–H and O–H groups in total. The molecule has 0 unspecified atom stereocenters. The van der Waals surface area contributed by atoms with Crippen LogP contribution < -0.4 is 4.74 Å². The molecular formula is C16H15NO. The summed E-state index contributed by atoms with van der Waals surface area (Å²) in [7, 11) is 0. The lowest BCUT2D eigenvalue weighted by Crippen LogP contribution is -2.14. The lowest BCUT2D eigenvalue weighted by atomic mass is 10.1. The van der Waals surface area contributed by atoms with Gasteiger partial charge in [-0.15, -0.1) is 0 Å². The molecule has 0 saturated carbocycles. The summed E-state index contributed by atoms with van der Waals surface area (Å²) in [5.74, 6) is 0.803. The highest BCUT2D eigenvalue weighted by Gasteiger charge is 2.05. The van der Waals surface area contributed by atoms with Crippen LogP contribution in [0, 0.1) is 11.3 Å². The number of ether oxygens (including phenoxy) is 1. The van der Waals surface area contributed by atoms with Gasteiger partial charge in [0.05, 0.1) is 17.7 Å². The molecule has 0 fully saturated rings. The molecule has 1 atom stereocenters. The average Bonchev–Trinajstić information content (AvgIpc) is 2.40. The van der Waals surface area contributed by atoms with E-state index >= 15 is 0 Å². The molecule has 0 bridgehead atoms. The average molecular weight is 237 g/mol. The van der Waals surface area contributed by atoms with Gasteiger partial charge >= 0.3 is 0 Å². The van der Waals surface area contributed by atoms with E-state index in [0.717, 1.165) is 12.2 Å². The second-order valence-corrected chi connectivity index (χ2v) is 4.25. The van der Waals surface area contributed by atoms with Crippen molar-refractivity contribution in [2.45, 2.75) is 19.4 Å². The minimum Gasteiger partial charge on any atom is -0.490 e. The summed E-state index contributed by atoms with van der Waals surface area (Å²) < 4.78 is 5.81. The number of benzene rings is 2. The van der Waals surface area contributed by atoms with Crippen LogP contribution in [0.15, 0.2) is 54.6 Å². The van der Waals surface area contributed by atoms with Crippen LogP contribution in [0.25, 0.3) is 0 Å². The minimum absolute atomic E-state index is 0.111. The Bertz CT molecular complexity index is 525. The second kappa shape index (κ2) is 5.88. The predicted molar refractivity (Wildman–Crippen MR) is 71.4 cm³/mol. The highest BCUT2D eigenvalue weighted by molar-refractivity contribution is 5.34. The fraction of sp³-hybridized carbons (Fsp3) is 0.188. The topological polar surface area (TPSA) is 33.0 Å². The van der Waals surface area contributed by atoms with Crippen molar-refractivity contribution < 1.29 is 4.74 Å². The molecule has 2 rings (SSSR count). The van der Waals surface area contributed by atoms with Crippen molar-refractivity contribution in [3.8, 4) is 11.8 Å². The number of rotatable bonds is 4. The van der Waals surface area contributed by atoms with Crippen molar-refractivity contribution >= 4 is 0 Å². The van der Waals surface area contributed by atoms with Crippen molar-refractivity contribution in [3.63, 3.8) is 0 Å². The van der Waals surface area contributed by atoms with E-state index in [1.165, 1.54) is 5.56 Å². The Morgan fingerprint density at radius 3 is 2.33 bits per heavy atom.